The number of likely N-dealkylation sites (tertiary alicyclic amines) is 1. The van der Waals surface area contributed by atoms with E-state index in [1.807, 2.05) is 12.3 Å². The van der Waals surface area contributed by atoms with Gasteiger partial charge in [0.25, 0.3) is 0 Å². The lowest BCUT2D eigenvalue weighted by atomic mass is 10.1. The zero-order chi connectivity index (χ0) is 14.5. The minimum absolute atomic E-state index is 0.523. The van der Waals surface area contributed by atoms with Gasteiger partial charge in [-0.05, 0) is 50.6 Å². The molecule has 1 N–H and O–H groups in total. The third-order valence-electron chi connectivity index (χ3n) is 4.36. The van der Waals surface area contributed by atoms with Crippen LogP contribution in [0.25, 0.3) is 10.9 Å². The molecular weight excluding hydrogens is 258 g/mol. The highest BCUT2D eigenvalue weighted by molar-refractivity contribution is 5.81. The van der Waals surface area contributed by atoms with Gasteiger partial charge in [-0.2, -0.15) is 0 Å². The third-order valence-corrected chi connectivity index (χ3v) is 4.36. The lowest BCUT2D eigenvalue weighted by molar-refractivity contribution is 0.209. The van der Waals surface area contributed by atoms with E-state index in [9.17, 15) is 0 Å². The molecule has 1 aliphatic rings. The van der Waals surface area contributed by atoms with Crippen LogP contribution >= 0.6 is 0 Å². The molecule has 3 heteroatoms. The maximum Gasteiger partial charge on any atom is 0.0705 e. The number of nitrogens with one attached hydrogen (secondary N) is 1. The molecule has 0 amide bonds. The molecule has 3 rings (SSSR count). The zero-order valence-corrected chi connectivity index (χ0v) is 12.9. The molecule has 1 aliphatic heterocycles. The Morgan fingerprint density at radius 3 is 2.86 bits per heavy atom. The lowest BCUT2D eigenvalue weighted by Crippen LogP contribution is -2.41. The van der Waals surface area contributed by atoms with E-state index in [1.54, 1.807) is 0 Å². The van der Waals surface area contributed by atoms with Crippen molar-refractivity contribution in [2.24, 2.45) is 0 Å². The summed E-state index contributed by atoms with van der Waals surface area (Å²) >= 11 is 0. The van der Waals surface area contributed by atoms with E-state index < -0.39 is 0 Å². The van der Waals surface area contributed by atoms with Crippen LogP contribution in [0, 0.1) is 0 Å². The Morgan fingerprint density at radius 2 is 2.00 bits per heavy atom. The van der Waals surface area contributed by atoms with Crippen molar-refractivity contribution in [1.82, 2.24) is 15.2 Å². The van der Waals surface area contributed by atoms with Gasteiger partial charge in [0.05, 0.1) is 5.52 Å². The minimum atomic E-state index is 0.523. The van der Waals surface area contributed by atoms with Gasteiger partial charge in [0.1, 0.15) is 0 Å². The number of hydrogen-bond donors (Lipinski definition) is 1. The van der Waals surface area contributed by atoms with E-state index in [0.717, 1.165) is 18.6 Å². The summed E-state index contributed by atoms with van der Waals surface area (Å²) in [6.45, 7) is 6.90. The van der Waals surface area contributed by atoms with Gasteiger partial charge in [-0.3, -0.25) is 4.98 Å². The Labute approximate surface area is 127 Å². The van der Waals surface area contributed by atoms with Gasteiger partial charge in [0.2, 0.25) is 0 Å². The molecule has 112 valence electrons. The van der Waals surface area contributed by atoms with Crippen LogP contribution in [0.15, 0.2) is 36.5 Å². The van der Waals surface area contributed by atoms with Crippen LogP contribution < -0.4 is 5.32 Å². The van der Waals surface area contributed by atoms with Crippen molar-refractivity contribution >= 4 is 10.9 Å². The number of aromatic nitrogens is 1. The second-order valence-electron chi connectivity index (χ2n) is 6.13. The van der Waals surface area contributed by atoms with Crippen molar-refractivity contribution in [1.29, 1.82) is 0 Å². The lowest BCUT2D eigenvalue weighted by Gasteiger charge is -2.29. The molecule has 1 atom stereocenters. The standard InChI is InChI=1S/C18H25N3/c1-15(14-21-11-3-2-4-12-21)20-13-16-7-5-9-18-17(16)8-6-10-19-18/h5-10,15,20H,2-4,11-14H2,1H3. The summed E-state index contributed by atoms with van der Waals surface area (Å²) in [5, 5.41) is 4.93. The molecule has 0 radical (unpaired) electrons. The van der Waals surface area contributed by atoms with Crippen molar-refractivity contribution in [3.8, 4) is 0 Å². The molecule has 1 unspecified atom stereocenters. The summed E-state index contributed by atoms with van der Waals surface area (Å²) in [5.41, 5.74) is 2.42. The molecular formula is C18H25N3. The number of benzene rings is 1. The topological polar surface area (TPSA) is 28.2 Å². The first-order valence-corrected chi connectivity index (χ1v) is 8.11. The van der Waals surface area contributed by atoms with E-state index in [2.05, 4.69) is 46.4 Å². The van der Waals surface area contributed by atoms with Gasteiger partial charge >= 0.3 is 0 Å². The number of rotatable bonds is 5. The fraction of sp³-hybridized carbons (Fsp3) is 0.500. The normalized spacial score (nSPS) is 18.0. The molecule has 0 saturated carbocycles. The number of hydrogen-bond acceptors (Lipinski definition) is 3. The van der Waals surface area contributed by atoms with Gasteiger partial charge < -0.3 is 10.2 Å². The zero-order valence-electron chi connectivity index (χ0n) is 12.9. The highest BCUT2D eigenvalue weighted by Gasteiger charge is 2.13. The summed E-state index contributed by atoms with van der Waals surface area (Å²) in [6.07, 6.45) is 5.99. The first kappa shape index (κ1) is 14.5. The number of fused-ring (bicyclic) bond motifs is 1. The molecule has 3 nitrogen and oxygen atoms in total. The Hall–Kier alpha value is -1.45. The first-order chi connectivity index (χ1) is 10.3. The Balaban J connectivity index is 1.58. The van der Waals surface area contributed by atoms with E-state index >= 15 is 0 Å². The minimum Gasteiger partial charge on any atom is -0.309 e. The van der Waals surface area contributed by atoms with E-state index in [-0.39, 0.29) is 0 Å². The Kier molecular flexibility index (Phi) is 4.84. The Bertz CT molecular complexity index is 570. The van der Waals surface area contributed by atoms with Gasteiger partial charge in [-0.25, -0.2) is 0 Å². The van der Waals surface area contributed by atoms with Crippen LogP contribution in [0.3, 0.4) is 0 Å². The summed E-state index contributed by atoms with van der Waals surface area (Å²) in [6, 6.07) is 11.1. The molecule has 0 aliphatic carbocycles. The van der Waals surface area contributed by atoms with E-state index in [1.165, 1.54) is 43.3 Å². The highest BCUT2D eigenvalue weighted by Crippen LogP contribution is 2.16. The second kappa shape index (κ2) is 7.01. The fourth-order valence-electron chi connectivity index (χ4n) is 3.20. The van der Waals surface area contributed by atoms with Gasteiger partial charge in [0, 0.05) is 30.7 Å². The quantitative estimate of drug-likeness (QED) is 0.913. The molecule has 0 spiro atoms. The average Bonchev–Trinajstić information content (AvgIpc) is 2.54. The maximum atomic E-state index is 4.43. The van der Waals surface area contributed by atoms with Crippen molar-refractivity contribution in [3.63, 3.8) is 0 Å². The largest absolute Gasteiger partial charge is 0.309 e. The first-order valence-electron chi connectivity index (χ1n) is 8.11. The van der Waals surface area contributed by atoms with Gasteiger partial charge in [-0.1, -0.05) is 24.6 Å². The smallest absolute Gasteiger partial charge is 0.0705 e. The summed E-state index contributed by atoms with van der Waals surface area (Å²) < 4.78 is 0. The Morgan fingerprint density at radius 1 is 1.14 bits per heavy atom. The second-order valence-corrected chi connectivity index (χ2v) is 6.13. The molecule has 1 saturated heterocycles. The van der Waals surface area contributed by atoms with Crippen molar-refractivity contribution < 1.29 is 0 Å². The maximum absolute atomic E-state index is 4.43. The highest BCUT2D eigenvalue weighted by atomic mass is 15.1. The predicted molar refractivity (Wildman–Crippen MR) is 88.3 cm³/mol. The van der Waals surface area contributed by atoms with Crippen LogP contribution in [0.5, 0.6) is 0 Å². The van der Waals surface area contributed by atoms with Crippen LogP contribution in [0.1, 0.15) is 31.7 Å². The average molecular weight is 283 g/mol. The molecule has 1 fully saturated rings. The fourth-order valence-corrected chi connectivity index (χ4v) is 3.20. The van der Waals surface area contributed by atoms with Crippen LogP contribution in [-0.4, -0.2) is 35.6 Å². The molecule has 2 heterocycles. The number of nitrogens with zero attached hydrogens (tertiary/aromatic N) is 2. The third kappa shape index (κ3) is 3.80. The summed E-state index contributed by atoms with van der Waals surface area (Å²) in [5.74, 6) is 0. The van der Waals surface area contributed by atoms with E-state index in [0.29, 0.717) is 6.04 Å². The summed E-state index contributed by atoms with van der Waals surface area (Å²) in [4.78, 5) is 7.02. The molecule has 1 aromatic heterocycles. The van der Waals surface area contributed by atoms with E-state index in [4.69, 9.17) is 0 Å². The van der Waals surface area contributed by atoms with Crippen LogP contribution in [0.2, 0.25) is 0 Å². The number of pyridine rings is 1. The SMILES string of the molecule is CC(CN1CCCCC1)NCc1cccc2ncccc12. The van der Waals surface area contributed by atoms with Crippen molar-refractivity contribution in [2.75, 3.05) is 19.6 Å². The summed E-state index contributed by atoms with van der Waals surface area (Å²) in [7, 11) is 0. The molecule has 21 heavy (non-hydrogen) atoms. The van der Waals surface area contributed by atoms with Gasteiger partial charge in [0.15, 0.2) is 0 Å². The monoisotopic (exact) mass is 283 g/mol. The van der Waals surface area contributed by atoms with Gasteiger partial charge in [-0.15, -0.1) is 0 Å². The van der Waals surface area contributed by atoms with Crippen molar-refractivity contribution in [3.05, 3.63) is 42.1 Å². The molecule has 0 bridgehead atoms. The van der Waals surface area contributed by atoms with Crippen molar-refractivity contribution in [2.45, 2.75) is 38.8 Å². The molecule has 2 aromatic rings. The van der Waals surface area contributed by atoms with Crippen LogP contribution in [-0.2, 0) is 6.54 Å². The van der Waals surface area contributed by atoms with Crippen LogP contribution in [0.4, 0.5) is 0 Å². The molecule has 1 aromatic carbocycles. The predicted octanol–water partition coefficient (Wildman–Crippen LogP) is 3.20. The number of piperidine rings is 1.